The standard InChI is InChI=1S/C11H13N3S/c1-8-6-14-7-10(13-11(14)15-8)9-4-2-3-5-12-9/h2-5,8,10H,6-7H2,1H3/t8-,10+/m1/s1. The number of pyridine rings is 1. The van der Waals surface area contributed by atoms with Gasteiger partial charge in [-0.25, -0.2) is 0 Å². The minimum atomic E-state index is 0.251. The number of aliphatic imine (C=N–C) groups is 1. The van der Waals surface area contributed by atoms with Gasteiger partial charge in [0.2, 0.25) is 0 Å². The summed E-state index contributed by atoms with van der Waals surface area (Å²) in [5.74, 6) is 0. The van der Waals surface area contributed by atoms with Gasteiger partial charge in [0.15, 0.2) is 5.17 Å². The number of nitrogens with zero attached hydrogens (tertiary/aromatic N) is 3. The van der Waals surface area contributed by atoms with E-state index in [-0.39, 0.29) is 6.04 Å². The lowest BCUT2D eigenvalue weighted by Gasteiger charge is -2.12. The molecule has 0 radical (unpaired) electrons. The first-order chi connectivity index (χ1) is 7.33. The first-order valence-electron chi connectivity index (χ1n) is 5.23. The molecule has 4 heteroatoms. The Kier molecular flexibility index (Phi) is 2.16. The number of aromatic nitrogens is 1. The van der Waals surface area contributed by atoms with Gasteiger partial charge in [-0.15, -0.1) is 0 Å². The van der Waals surface area contributed by atoms with Gasteiger partial charge in [-0.2, -0.15) is 0 Å². The summed E-state index contributed by atoms with van der Waals surface area (Å²) in [5, 5.41) is 1.89. The molecule has 0 aliphatic carbocycles. The Balaban J connectivity index is 1.83. The van der Waals surface area contributed by atoms with Crippen molar-refractivity contribution in [2.75, 3.05) is 13.1 Å². The molecular formula is C11H13N3S. The average molecular weight is 219 g/mol. The first-order valence-corrected chi connectivity index (χ1v) is 6.11. The second-order valence-electron chi connectivity index (χ2n) is 4.02. The SMILES string of the molecule is C[C@@H]1CN2C[C@@H](c3ccccn3)N=C2S1. The molecule has 3 rings (SSSR count). The number of hydrogen-bond donors (Lipinski definition) is 0. The largest absolute Gasteiger partial charge is 0.348 e. The summed E-state index contributed by atoms with van der Waals surface area (Å²) in [6.07, 6.45) is 1.84. The summed E-state index contributed by atoms with van der Waals surface area (Å²) in [7, 11) is 0. The van der Waals surface area contributed by atoms with E-state index in [4.69, 9.17) is 4.99 Å². The van der Waals surface area contributed by atoms with Gasteiger partial charge in [-0.1, -0.05) is 24.8 Å². The van der Waals surface area contributed by atoms with Gasteiger partial charge in [-0.05, 0) is 12.1 Å². The zero-order chi connectivity index (χ0) is 10.3. The van der Waals surface area contributed by atoms with Gasteiger partial charge in [0.05, 0.1) is 5.69 Å². The van der Waals surface area contributed by atoms with Crippen LogP contribution in [0.25, 0.3) is 0 Å². The van der Waals surface area contributed by atoms with Gasteiger partial charge in [-0.3, -0.25) is 9.98 Å². The molecule has 0 N–H and O–H groups in total. The van der Waals surface area contributed by atoms with Gasteiger partial charge in [0.1, 0.15) is 6.04 Å². The molecule has 1 saturated heterocycles. The van der Waals surface area contributed by atoms with E-state index in [1.165, 1.54) is 5.17 Å². The molecule has 0 aromatic carbocycles. The third-order valence-electron chi connectivity index (χ3n) is 2.74. The van der Waals surface area contributed by atoms with Crippen molar-refractivity contribution in [2.45, 2.75) is 18.2 Å². The van der Waals surface area contributed by atoms with E-state index in [1.54, 1.807) is 0 Å². The van der Waals surface area contributed by atoms with Crippen molar-refractivity contribution in [1.29, 1.82) is 0 Å². The molecule has 78 valence electrons. The molecular weight excluding hydrogens is 206 g/mol. The molecule has 0 bridgehead atoms. The van der Waals surface area contributed by atoms with Crippen LogP contribution >= 0.6 is 11.8 Å². The molecule has 2 aliphatic rings. The molecule has 0 saturated carbocycles. The number of thioether (sulfide) groups is 1. The van der Waals surface area contributed by atoms with Crippen molar-refractivity contribution >= 4 is 16.9 Å². The van der Waals surface area contributed by atoms with E-state index in [0.29, 0.717) is 5.25 Å². The summed E-state index contributed by atoms with van der Waals surface area (Å²) in [6, 6.07) is 6.29. The highest BCUT2D eigenvalue weighted by molar-refractivity contribution is 8.14. The number of amidine groups is 1. The fraction of sp³-hybridized carbons (Fsp3) is 0.455. The van der Waals surface area contributed by atoms with Crippen LogP contribution in [0.5, 0.6) is 0 Å². The number of fused-ring (bicyclic) bond motifs is 1. The zero-order valence-electron chi connectivity index (χ0n) is 8.63. The minimum absolute atomic E-state index is 0.251. The zero-order valence-corrected chi connectivity index (χ0v) is 9.44. The highest BCUT2D eigenvalue weighted by Gasteiger charge is 2.34. The molecule has 3 heterocycles. The first kappa shape index (κ1) is 9.21. The summed E-state index contributed by atoms with van der Waals surface area (Å²) in [5.41, 5.74) is 1.09. The second kappa shape index (κ2) is 3.52. The van der Waals surface area contributed by atoms with E-state index in [9.17, 15) is 0 Å². The fourth-order valence-corrected chi connectivity index (χ4v) is 3.16. The van der Waals surface area contributed by atoms with Crippen LogP contribution in [0, 0.1) is 0 Å². The molecule has 0 spiro atoms. The van der Waals surface area contributed by atoms with Crippen molar-refractivity contribution < 1.29 is 0 Å². The Hall–Kier alpha value is -1.03. The van der Waals surface area contributed by atoms with Gasteiger partial charge in [0.25, 0.3) is 0 Å². The fourth-order valence-electron chi connectivity index (χ4n) is 2.06. The molecule has 1 aromatic heterocycles. The molecule has 1 fully saturated rings. The average Bonchev–Trinajstić information content (AvgIpc) is 2.76. The Labute approximate surface area is 93.6 Å². The predicted octanol–water partition coefficient (Wildman–Crippen LogP) is 1.93. The van der Waals surface area contributed by atoms with Crippen molar-refractivity contribution in [3.05, 3.63) is 30.1 Å². The quantitative estimate of drug-likeness (QED) is 0.722. The van der Waals surface area contributed by atoms with Gasteiger partial charge >= 0.3 is 0 Å². The Bertz CT molecular complexity index is 390. The number of rotatable bonds is 1. The smallest absolute Gasteiger partial charge is 0.160 e. The lowest BCUT2D eigenvalue weighted by molar-refractivity contribution is 0.442. The molecule has 3 nitrogen and oxygen atoms in total. The van der Waals surface area contributed by atoms with Crippen LogP contribution in [-0.4, -0.2) is 33.4 Å². The lowest BCUT2D eigenvalue weighted by atomic mass is 10.2. The van der Waals surface area contributed by atoms with Crippen molar-refractivity contribution in [1.82, 2.24) is 9.88 Å². The summed E-state index contributed by atoms with van der Waals surface area (Å²) < 4.78 is 0. The summed E-state index contributed by atoms with van der Waals surface area (Å²) in [6.45, 7) is 4.39. The van der Waals surface area contributed by atoms with Crippen molar-refractivity contribution in [2.24, 2.45) is 4.99 Å². The van der Waals surface area contributed by atoms with Crippen LogP contribution in [0.3, 0.4) is 0 Å². The van der Waals surface area contributed by atoms with Gasteiger partial charge in [0, 0.05) is 24.5 Å². The van der Waals surface area contributed by atoms with Gasteiger partial charge < -0.3 is 4.90 Å². The van der Waals surface area contributed by atoms with E-state index >= 15 is 0 Å². The van der Waals surface area contributed by atoms with Crippen LogP contribution < -0.4 is 0 Å². The highest BCUT2D eigenvalue weighted by Crippen LogP contribution is 2.34. The topological polar surface area (TPSA) is 28.5 Å². The van der Waals surface area contributed by atoms with E-state index in [2.05, 4.69) is 22.9 Å². The van der Waals surface area contributed by atoms with Crippen LogP contribution in [0.4, 0.5) is 0 Å². The highest BCUT2D eigenvalue weighted by atomic mass is 32.2. The van der Waals surface area contributed by atoms with Crippen LogP contribution in [0.2, 0.25) is 0 Å². The maximum Gasteiger partial charge on any atom is 0.160 e. The van der Waals surface area contributed by atoms with E-state index in [0.717, 1.165) is 18.8 Å². The predicted molar refractivity (Wildman–Crippen MR) is 63.0 cm³/mol. The molecule has 0 amide bonds. The summed E-state index contributed by atoms with van der Waals surface area (Å²) >= 11 is 1.88. The third-order valence-corrected chi connectivity index (χ3v) is 3.87. The molecule has 15 heavy (non-hydrogen) atoms. The maximum absolute atomic E-state index is 4.71. The van der Waals surface area contributed by atoms with Crippen molar-refractivity contribution in [3.8, 4) is 0 Å². The molecule has 2 aliphatic heterocycles. The Morgan fingerprint density at radius 3 is 3.07 bits per heavy atom. The normalized spacial score (nSPS) is 29.1. The number of hydrogen-bond acceptors (Lipinski definition) is 4. The molecule has 0 unspecified atom stereocenters. The van der Waals surface area contributed by atoms with E-state index in [1.807, 2.05) is 30.1 Å². The second-order valence-corrected chi connectivity index (χ2v) is 5.42. The van der Waals surface area contributed by atoms with Crippen molar-refractivity contribution in [3.63, 3.8) is 0 Å². The Morgan fingerprint density at radius 1 is 1.40 bits per heavy atom. The molecule has 1 aromatic rings. The lowest BCUT2D eigenvalue weighted by Crippen LogP contribution is -2.23. The third kappa shape index (κ3) is 1.63. The molecule has 2 atom stereocenters. The Morgan fingerprint density at radius 2 is 2.33 bits per heavy atom. The minimum Gasteiger partial charge on any atom is -0.348 e. The van der Waals surface area contributed by atoms with Crippen LogP contribution in [0.15, 0.2) is 29.4 Å². The van der Waals surface area contributed by atoms with Crippen LogP contribution in [0.1, 0.15) is 18.7 Å². The maximum atomic E-state index is 4.71. The van der Waals surface area contributed by atoms with E-state index < -0.39 is 0 Å². The monoisotopic (exact) mass is 219 g/mol. The van der Waals surface area contributed by atoms with Crippen LogP contribution in [-0.2, 0) is 0 Å². The summed E-state index contributed by atoms with van der Waals surface area (Å²) in [4.78, 5) is 11.4.